The molecule has 0 aliphatic carbocycles. The third-order valence-electron chi connectivity index (χ3n) is 4.90. The van der Waals surface area contributed by atoms with E-state index in [1.165, 1.54) is 47.8 Å². The second kappa shape index (κ2) is 10.9. The van der Waals surface area contributed by atoms with E-state index in [2.05, 4.69) is 5.32 Å². The van der Waals surface area contributed by atoms with E-state index >= 15 is 0 Å². The number of carbonyl (C=O) groups excluding carboxylic acids is 1. The van der Waals surface area contributed by atoms with Crippen LogP contribution in [0.4, 0.5) is 11.4 Å². The summed E-state index contributed by atoms with van der Waals surface area (Å²) in [6, 6.07) is 17.7. The maximum atomic E-state index is 12.9. The molecule has 0 bridgehead atoms. The molecule has 3 rings (SSSR count). The van der Waals surface area contributed by atoms with Gasteiger partial charge < -0.3 is 10.1 Å². The van der Waals surface area contributed by atoms with Crippen LogP contribution in [0.5, 0.6) is 5.75 Å². The normalized spacial score (nSPS) is 11.2. The largest absolute Gasteiger partial charge is 0.490 e. The van der Waals surface area contributed by atoms with Crippen molar-refractivity contribution in [3.05, 3.63) is 82.3 Å². The van der Waals surface area contributed by atoms with Crippen LogP contribution in [0.3, 0.4) is 0 Å². The highest BCUT2D eigenvalue weighted by Crippen LogP contribution is 2.34. The third kappa shape index (κ3) is 5.99. The number of carbonyl (C=O) groups is 1. The molecule has 0 fully saturated rings. The first-order chi connectivity index (χ1) is 15.7. The molecule has 3 aromatic carbocycles. The number of amides is 1. The lowest BCUT2D eigenvalue weighted by molar-refractivity contribution is 0.102. The van der Waals surface area contributed by atoms with Crippen molar-refractivity contribution < 1.29 is 17.9 Å². The van der Waals surface area contributed by atoms with E-state index in [1.54, 1.807) is 24.3 Å². The Morgan fingerprint density at radius 3 is 2.18 bits per heavy atom. The summed E-state index contributed by atoms with van der Waals surface area (Å²) in [5, 5.41) is 3.21. The smallest absolute Gasteiger partial charge is 0.264 e. The molecule has 0 saturated heterocycles. The molecule has 174 valence electrons. The van der Waals surface area contributed by atoms with Crippen LogP contribution in [-0.4, -0.2) is 28.0 Å². The lowest BCUT2D eigenvalue weighted by Crippen LogP contribution is -2.26. The van der Waals surface area contributed by atoms with Gasteiger partial charge >= 0.3 is 0 Å². The molecule has 0 saturated carbocycles. The van der Waals surface area contributed by atoms with E-state index in [0.29, 0.717) is 23.7 Å². The van der Waals surface area contributed by atoms with Crippen molar-refractivity contribution in [1.82, 2.24) is 0 Å². The second-order valence-electron chi connectivity index (χ2n) is 7.26. The number of ether oxygens (including phenoxy) is 1. The van der Waals surface area contributed by atoms with E-state index in [-0.39, 0.29) is 20.5 Å². The number of benzene rings is 3. The van der Waals surface area contributed by atoms with Gasteiger partial charge in [0.05, 0.1) is 27.2 Å². The number of sulfonamides is 1. The van der Waals surface area contributed by atoms with Crippen LogP contribution in [0.2, 0.25) is 10.0 Å². The van der Waals surface area contributed by atoms with Gasteiger partial charge in [-0.25, -0.2) is 8.42 Å². The summed E-state index contributed by atoms with van der Waals surface area (Å²) in [5.41, 5.74) is 1.23. The fraction of sp³-hybridized carbons (Fsp3) is 0.208. The molecule has 0 radical (unpaired) electrons. The molecule has 1 amide bonds. The molecule has 1 N–H and O–H groups in total. The fourth-order valence-electron chi connectivity index (χ4n) is 3.00. The average Bonchev–Trinajstić information content (AvgIpc) is 2.81. The Balaban J connectivity index is 1.73. The van der Waals surface area contributed by atoms with Crippen LogP contribution in [0, 0.1) is 0 Å². The van der Waals surface area contributed by atoms with Gasteiger partial charge in [-0.1, -0.05) is 54.7 Å². The summed E-state index contributed by atoms with van der Waals surface area (Å²) >= 11 is 12.5. The molecular weight excluding hydrogens is 483 g/mol. The van der Waals surface area contributed by atoms with Crippen molar-refractivity contribution in [2.24, 2.45) is 0 Å². The van der Waals surface area contributed by atoms with Crippen LogP contribution in [0.25, 0.3) is 0 Å². The Hall–Kier alpha value is -2.74. The maximum Gasteiger partial charge on any atom is 0.264 e. The minimum absolute atomic E-state index is 0.103. The van der Waals surface area contributed by atoms with Crippen LogP contribution in [0.1, 0.15) is 30.1 Å². The molecule has 0 spiro atoms. The minimum Gasteiger partial charge on any atom is -0.490 e. The monoisotopic (exact) mass is 506 g/mol. The lowest BCUT2D eigenvalue weighted by Gasteiger charge is -2.19. The van der Waals surface area contributed by atoms with Gasteiger partial charge in [-0.2, -0.15) is 0 Å². The van der Waals surface area contributed by atoms with Gasteiger partial charge in [-0.15, -0.1) is 0 Å². The number of hydrogen-bond donors (Lipinski definition) is 1. The summed E-state index contributed by atoms with van der Waals surface area (Å²) in [6.07, 6.45) is 1.83. The van der Waals surface area contributed by atoms with Crippen molar-refractivity contribution >= 4 is 50.5 Å². The zero-order chi connectivity index (χ0) is 24.0. The van der Waals surface area contributed by atoms with Crippen molar-refractivity contribution in [2.75, 3.05) is 23.3 Å². The van der Waals surface area contributed by atoms with Gasteiger partial charge in [0, 0.05) is 18.3 Å². The number of anilines is 2. The zero-order valence-corrected chi connectivity index (χ0v) is 20.5. The van der Waals surface area contributed by atoms with E-state index in [0.717, 1.165) is 12.8 Å². The fourth-order valence-corrected chi connectivity index (χ4v) is 4.79. The van der Waals surface area contributed by atoms with Gasteiger partial charge in [-0.05, 0) is 55.0 Å². The predicted octanol–water partition coefficient (Wildman–Crippen LogP) is 6.25. The SMILES string of the molecule is CCCCOc1c(Cl)cc(C(=O)Nc2ccc(S(=O)(=O)N(C)c3ccccc3)cc2)cc1Cl. The number of para-hydroxylation sites is 1. The molecule has 9 heteroatoms. The predicted molar refractivity (Wildman–Crippen MR) is 133 cm³/mol. The molecule has 0 atom stereocenters. The van der Waals surface area contributed by atoms with Gasteiger partial charge in [-0.3, -0.25) is 9.10 Å². The first kappa shape index (κ1) is 24.9. The van der Waals surface area contributed by atoms with E-state index < -0.39 is 15.9 Å². The van der Waals surface area contributed by atoms with Gasteiger partial charge in [0.15, 0.2) is 5.75 Å². The van der Waals surface area contributed by atoms with Crippen molar-refractivity contribution in [3.8, 4) is 5.75 Å². The highest BCUT2D eigenvalue weighted by atomic mass is 35.5. The Morgan fingerprint density at radius 2 is 1.61 bits per heavy atom. The minimum atomic E-state index is -3.74. The standard InChI is InChI=1S/C24H24Cl2N2O4S/c1-3-4-14-32-23-21(25)15-17(16-22(23)26)24(29)27-18-10-12-20(13-11-18)33(30,31)28(2)19-8-6-5-7-9-19/h5-13,15-16H,3-4,14H2,1-2H3,(H,27,29). The molecule has 0 heterocycles. The maximum absolute atomic E-state index is 12.9. The van der Waals surface area contributed by atoms with Gasteiger partial charge in [0.2, 0.25) is 0 Å². The topological polar surface area (TPSA) is 75.7 Å². The Labute approximate surface area is 204 Å². The highest BCUT2D eigenvalue weighted by Gasteiger charge is 2.21. The molecule has 0 aromatic heterocycles. The van der Waals surface area contributed by atoms with Gasteiger partial charge in [0.1, 0.15) is 0 Å². The van der Waals surface area contributed by atoms with Crippen LogP contribution < -0.4 is 14.4 Å². The quantitative estimate of drug-likeness (QED) is 0.348. The zero-order valence-electron chi connectivity index (χ0n) is 18.2. The first-order valence-corrected chi connectivity index (χ1v) is 12.5. The number of nitrogens with zero attached hydrogens (tertiary/aromatic N) is 1. The van der Waals surface area contributed by atoms with Crippen molar-refractivity contribution in [1.29, 1.82) is 0 Å². The number of nitrogens with one attached hydrogen (secondary N) is 1. The summed E-state index contributed by atoms with van der Waals surface area (Å²) in [7, 11) is -2.25. The molecule has 0 aliphatic rings. The molecule has 3 aromatic rings. The van der Waals surface area contributed by atoms with Crippen LogP contribution in [0.15, 0.2) is 71.6 Å². The summed E-state index contributed by atoms with van der Waals surface area (Å²) in [4.78, 5) is 12.8. The van der Waals surface area contributed by atoms with E-state index in [4.69, 9.17) is 27.9 Å². The Morgan fingerprint density at radius 1 is 1.00 bits per heavy atom. The van der Waals surface area contributed by atoms with Gasteiger partial charge in [0.25, 0.3) is 15.9 Å². The number of unbranched alkanes of at least 4 members (excludes halogenated alkanes) is 1. The molecule has 6 nitrogen and oxygen atoms in total. The Bertz CT molecular complexity index is 1190. The molecule has 33 heavy (non-hydrogen) atoms. The van der Waals surface area contributed by atoms with E-state index in [1.807, 2.05) is 13.0 Å². The van der Waals surface area contributed by atoms with Crippen molar-refractivity contribution in [2.45, 2.75) is 24.7 Å². The summed E-state index contributed by atoms with van der Waals surface area (Å²) in [6.45, 7) is 2.53. The summed E-state index contributed by atoms with van der Waals surface area (Å²) in [5.74, 6) is -0.0867. The van der Waals surface area contributed by atoms with Crippen molar-refractivity contribution in [3.63, 3.8) is 0 Å². The average molecular weight is 507 g/mol. The Kier molecular flexibility index (Phi) is 8.24. The highest BCUT2D eigenvalue weighted by molar-refractivity contribution is 7.92. The van der Waals surface area contributed by atoms with Crippen LogP contribution in [-0.2, 0) is 10.0 Å². The number of rotatable bonds is 9. The first-order valence-electron chi connectivity index (χ1n) is 10.3. The molecule has 0 unspecified atom stereocenters. The van der Waals surface area contributed by atoms with E-state index in [9.17, 15) is 13.2 Å². The summed E-state index contributed by atoms with van der Waals surface area (Å²) < 4.78 is 32.6. The molecule has 0 aliphatic heterocycles. The molecular formula is C24H24Cl2N2O4S. The number of halogens is 2. The lowest BCUT2D eigenvalue weighted by atomic mass is 10.2. The third-order valence-corrected chi connectivity index (χ3v) is 7.26. The second-order valence-corrected chi connectivity index (χ2v) is 10.0. The van der Waals surface area contributed by atoms with Crippen LogP contribution >= 0.6 is 23.2 Å². The number of hydrogen-bond acceptors (Lipinski definition) is 4.